The summed E-state index contributed by atoms with van der Waals surface area (Å²) in [5, 5.41) is 46.1. The molecule has 0 aliphatic carbocycles. The van der Waals surface area contributed by atoms with E-state index in [-0.39, 0.29) is 11.6 Å². The van der Waals surface area contributed by atoms with Crippen molar-refractivity contribution in [3.63, 3.8) is 0 Å². The zero-order valence-corrected chi connectivity index (χ0v) is 15.6. The molecule has 1 aromatic heterocycles. The van der Waals surface area contributed by atoms with Gasteiger partial charge in [0, 0.05) is 5.56 Å². The number of aromatic amines is 1. The molecule has 2 heterocycles. The number of hydrogen-bond donors (Lipinski definition) is 5. The minimum absolute atomic E-state index is 0.126. The Labute approximate surface area is 160 Å². The highest BCUT2D eigenvalue weighted by atomic mass is 16.5. The summed E-state index contributed by atoms with van der Waals surface area (Å²) < 4.78 is 21.4. The molecule has 1 aliphatic heterocycles. The molecule has 0 radical (unpaired) electrons. The second kappa shape index (κ2) is 8.29. The zero-order chi connectivity index (χ0) is 20.4. The third kappa shape index (κ3) is 3.50. The molecule has 11 heteroatoms. The lowest BCUT2D eigenvalue weighted by atomic mass is 9.95. The number of aliphatic hydroxyl groups excluding tert-OH is 4. The Morgan fingerprint density at radius 3 is 2.18 bits per heavy atom. The van der Waals surface area contributed by atoms with Crippen LogP contribution in [0.25, 0.3) is 11.4 Å². The van der Waals surface area contributed by atoms with E-state index in [4.69, 9.17) is 18.9 Å². The number of nitrogens with zero attached hydrogens (tertiary/aromatic N) is 2. The smallest absolute Gasteiger partial charge is 0.203 e. The third-order valence-electron chi connectivity index (χ3n) is 4.59. The summed E-state index contributed by atoms with van der Waals surface area (Å²) in [6, 6.07) is 3.31. The van der Waals surface area contributed by atoms with E-state index in [2.05, 4.69) is 15.2 Å². The van der Waals surface area contributed by atoms with Crippen LogP contribution in [-0.4, -0.2) is 88.0 Å². The van der Waals surface area contributed by atoms with Gasteiger partial charge in [0.05, 0.1) is 27.9 Å². The average Bonchev–Trinajstić information content (AvgIpc) is 3.21. The summed E-state index contributed by atoms with van der Waals surface area (Å²) in [5.41, 5.74) is 0.543. The lowest BCUT2D eigenvalue weighted by Crippen LogP contribution is -2.55. The highest BCUT2D eigenvalue weighted by molar-refractivity contribution is 5.66. The molecule has 0 unspecified atom stereocenters. The van der Waals surface area contributed by atoms with Gasteiger partial charge in [-0.3, -0.25) is 5.10 Å². The largest absolute Gasteiger partial charge is 0.493 e. The van der Waals surface area contributed by atoms with Crippen LogP contribution >= 0.6 is 0 Å². The number of hydrogen-bond acceptors (Lipinski definition) is 10. The fraction of sp³-hybridized carbons (Fsp3) is 0.529. The molecule has 154 valence electrons. The van der Waals surface area contributed by atoms with E-state index in [1.807, 2.05) is 0 Å². The number of aliphatic hydroxyl groups is 4. The fourth-order valence-electron chi connectivity index (χ4n) is 3.07. The van der Waals surface area contributed by atoms with Crippen LogP contribution in [0.3, 0.4) is 0 Å². The van der Waals surface area contributed by atoms with E-state index in [1.165, 1.54) is 21.3 Å². The van der Waals surface area contributed by atoms with Crippen LogP contribution in [0.5, 0.6) is 17.2 Å². The Morgan fingerprint density at radius 1 is 1.00 bits per heavy atom. The molecule has 1 fully saturated rings. The second-order valence-electron chi connectivity index (χ2n) is 6.21. The van der Waals surface area contributed by atoms with Crippen LogP contribution in [0.1, 0.15) is 11.9 Å². The highest BCUT2D eigenvalue weighted by Gasteiger charge is 2.45. The Kier molecular flexibility index (Phi) is 6.01. The lowest BCUT2D eigenvalue weighted by molar-refractivity contribution is -0.233. The predicted molar refractivity (Wildman–Crippen MR) is 94.2 cm³/mol. The SMILES string of the molecule is COc1cc(-c2n[nH]c([C@@H]3O[C@H](CO)[C@@H](O)[C@H](O)[C@H]3O)n2)cc(OC)c1OC. The van der Waals surface area contributed by atoms with Crippen molar-refractivity contribution in [2.75, 3.05) is 27.9 Å². The van der Waals surface area contributed by atoms with E-state index in [9.17, 15) is 20.4 Å². The second-order valence-corrected chi connectivity index (χ2v) is 6.21. The van der Waals surface area contributed by atoms with Gasteiger partial charge in [-0.1, -0.05) is 0 Å². The molecule has 28 heavy (non-hydrogen) atoms. The minimum Gasteiger partial charge on any atom is -0.493 e. The van der Waals surface area contributed by atoms with Crippen LogP contribution < -0.4 is 14.2 Å². The number of rotatable bonds is 6. The molecular weight excluding hydrogens is 374 g/mol. The van der Waals surface area contributed by atoms with E-state index >= 15 is 0 Å². The lowest BCUT2D eigenvalue weighted by Gasteiger charge is -2.38. The first-order valence-electron chi connectivity index (χ1n) is 8.48. The molecule has 0 bridgehead atoms. The van der Waals surface area contributed by atoms with Gasteiger partial charge in [0.15, 0.2) is 23.1 Å². The molecule has 1 saturated heterocycles. The van der Waals surface area contributed by atoms with Crippen molar-refractivity contribution in [3.8, 4) is 28.6 Å². The summed E-state index contributed by atoms with van der Waals surface area (Å²) in [5.74, 6) is 1.62. The minimum atomic E-state index is -1.51. The topological polar surface area (TPSA) is 159 Å². The molecule has 5 atom stereocenters. The van der Waals surface area contributed by atoms with Crippen molar-refractivity contribution in [1.82, 2.24) is 15.2 Å². The number of aromatic nitrogens is 3. The monoisotopic (exact) mass is 397 g/mol. The maximum absolute atomic E-state index is 10.2. The third-order valence-corrected chi connectivity index (χ3v) is 4.59. The van der Waals surface area contributed by atoms with Crippen molar-refractivity contribution < 1.29 is 39.4 Å². The predicted octanol–water partition coefficient (Wildman–Crippen LogP) is -0.988. The van der Waals surface area contributed by atoms with Gasteiger partial charge in [-0.2, -0.15) is 5.10 Å². The van der Waals surface area contributed by atoms with Crippen LogP contribution in [0.2, 0.25) is 0 Å². The number of benzene rings is 1. The van der Waals surface area contributed by atoms with E-state index in [0.29, 0.717) is 22.8 Å². The Balaban J connectivity index is 1.94. The van der Waals surface area contributed by atoms with Crippen LogP contribution in [0, 0.1) is 0 Å². The van der Waals surface area contributed by atoms with Crippen LogP contribution in [0.4, 0.5) is 0 Å². The maximum atomic E-state index is 10.2. The maximum Gasteiger partial charge on any atom is 0.203 e. The van der Waals surface area contributed by atoms with Crippen LogP contribution in [0.15, 0.2) is 12.1 Å². The zero-order valence-electron chi connectivity index (χ0n) is 15.6. The van der Waals surface area contributed by atoms with Gasteiger partial charge in [-0.25, -0.2) is 4.98 Å². The molecule has 5 N–H and O–H groups in total. The number of nitrogens with one attached hydrogen (secondary N) is 1. The first kappa shape index (κ1) is 20.3. The molecule has 1 aromatic carbocycles. The van der Waals surface area contributed by atoms with Gasteiger partial charge in [-0.05, 0) is 12.1 Å². The molecule has 3 rings (SSSR count). The summed E-state index contributed by atoms with van der Waals surface area (Å²) in [7, 11) is 4.46. The van der Waals surface area contributed by atoms with Crippen molar-refractivity contribution in [1.29, 1.82) is 0 Å². The molecule has 11 nitrogen and oxygen atoms in total. The number of methoxy groups -OCH3 is 3. The molecular formula is C17H23N3O8. The number of H-pyrrole nitrogens is 1. The average molecular weight is 397 g/mol. The summed E-state index contributed by atoms with van der Waals surface area (Å²) in [6.07, 6.45) is -6.57. The molecule has 0 spiro atoms. The summed E-state index contributed by atoms with van der Waals surface area (Å²) in [4.78, 5) is 4.31. The molecule has 0 amide bonds. The van der Waals surface area contributed by atoms with Crippen molar-refractivity contribution in [3.05, 3.63) is 18.0 Å². The standard InChI is InChI=1S/C17H23N3O8/c1-25-8-4-7(5-9(26-2)14(8)27-3)16-18-17(20-19-16)15-13(24)12(23)11(22)10(6-21)28-15/h4-5,10-13,15,21-24H,6H2,1-3H3,(H,18,19,20)/t10-,11-,12+,13-,15-/m1/s1. The fourth-order valence-corrected chi connectivity index (χ4v) is 3.07. The Morgan fingerprint density at radius 2 is 1.64 bits per heavy atom. The summed E-state index contributed by atoms with van der Waals surface area (Å²) in [6.45, 7) is -0.532. The summed E-state index contributed by atoms with van der Waals surface area (Å²) >= 11 is 0. The quantitative estimate of drug-likeness (QED) is 0.410. The van der Waals surface area contributed by atoms with Gasteiger partial charge in [-0.15, -0.1) is 0 Å². The normalized spacial score (nSPS) is 27.5. The molecule has 1 aliphatic rings. The Bertz CT molecular complexity index is 786. The first-order chi connectivity index (χ1) is 13.4. The van der Waals surface area contributed by atoms with Gasteiger partial charge in [0.25, 0.3) is 0 Å². The van der Waals surface area contributed by atoms with Crippen LogP contribution in [-0.2, 0) is 4.74 Å². The van der Waals surface area contributed by atoms with Crippen molar-refractivity contribution in [2.45, 2.75) is 30.5 Å². The number of ether oxygens (including phenoxy) is 4. The molecule has 0 saturated carbocycles. The van der Waals surface area contributed by atoms with Gasteiger partial charge >= 0.3 is 0 Å². The van der Waals surface area contributed by atoms with E-state index in [1.54, 1.807) is 12.1 Å². The van der Waals surface area contributed by atoms with Crippen molar-refractivity contribution in [2.24, 2.45) is 0 Å². The highest BCUT2D eigenvalue weighted by Crippen LogP contribution is 2.41. The van der Waals surface area contributed by atoms with Gasteiger partial charge in [0.1, 0.15) is 30.5 Å². The Hall–Kier alpha value is -2.44. The van der Waals surface area contributed by atoms with E-state index in [0.717, 1.165) is 0 Å². The van der Waals surface area contributed by atoms with Crippen molar-refractivity contribution >= 4 is 0 Å². The van der Waals surface area contributed by atoms with Gasteiger partial charge < -0.3 is 39.4 Å². The van der Waals surface area contributed by atoms with E-state index < -0.39 is 37.1 Å². The molecule has 2 aromatic rings. The first-order valence-corrected chi connectivity index (χ1v) is 8.48. The van der Waals surface area contributed by atoms with Gasteiger partial charge in [0.2, 0.25) is 5.75 Å².